The summed E-state index contributed by atoms with van der Waals surface area (Å²) in [5.74, 6) is 0.291. The minimum absolute atomic E-state index is 0.184. The molecule has 25 heavy (non-hydrogen) atoms. The van der Waals surface area contributed by atoms with E-state index in [1.165, 1.54) is 6.07 Å². The number of aromatic amines is 1. The van der Waals surface area contributed by atoms with Crippen molar-refractivity contribution < 1.29 is 18.4 Å². The quantitative estimate of drug-likeness (QED) is 0.772. The van der Waals surface area contributed by atoms with Gasteiger partial charge in [-0.15, -0.1) is 0 Å². The van der Waals surface area contributed by atoms with Gasteiger partial charge in [0, 0.05) is 17.4 Å². The van der Waals surface area contributed by atoms with Gasteiger partial charge in [0.15, 0.2) is 11.9 Å². The second-order valence-electron chi connectivity index (χ2n) is 6.21. The molecule has 2 atom stereocenters. The number of nitrogens with zero attached hydrogens (tertiary/aromatic N) is 3. The maximum Gasteiger partial charge on any atom is 0.270 e. The molecule has 1 aromatic carbocycles. The van der Waals surface area contributed by atoms with E-state index in [4.69, 9.17) is 9.26 Å². The fourth-order valence-electron chi connectivity index (χ4n) is 3.10. The molecule has 0 bridgehead atoms. The summed E-state index contributed by atoms with van der Waals surface area (Å²) in [6, 6.07) is 6.25. The van der Waals surface area contributed by atoms with Crippen LogP contribution < -0.4 is 0 Å². The highest BCUT2D eigenvalue weighted by molar-refractivity contribution is 5.98. The number of H-pyrrole nitrogens is 1. The Morgan fingerprint density at radius 1 is 1.40 bits per heavy atom. The first-order chi connectivity index (χ1) is 12.0. The number of aromatic nitrogens is 3. The van der Waals surface area contributed by atoms with Gasteiger partial charge in [0.1, 0.15) is 11.5 Å². The summed E-state index contributed by atoms with van der Waals surface area (Å²) in [7, 11) is 0. The van der Waals surface area contributed by atoms with Crippen LogP contribution in [-0.4, -0.2) is 45.1 Å². The van der Waals surface area contributed by atoms with Crippen molar-refractivity contribution in [3.63, 3.8) is 0 Å². The summed E-state index contributed by atoms with van der Waals surface area (Å²) in [6.45, 7) is 4.32. The fraction of sp³-hybridized carbons (Fsp3) is 0.353. The lowest BCUT2D eigenvalue weighted by molar-refractivity contribution is -0.0811. The van der Waals surface area contributed by atoms with Gasteiger partial charge in [-0.3, -0.25) is 4.79 Å². The van der Waals surface area contributed by atoms with Crippen molar-refractivity contribution in [1.82, 2.24) is 20.0 Å². The first-order valence-corrected chi connectivity index (χ1v) is 8.03. The molecule has 1 aliphatic heterocycles. The van der Waals surface area contributed by atoms with E-state index in [2.05, 4.69) is 15.1 Å². The van der Waals surface area contributed by atoms with Gasteiger partial charge in [-0.25, -0.2) is 4.39 Å². The average Bonchev–Trinajstić information content (AvgIpc) is 3.21. The number of nitrogens with one attached hydrogen (secondary N) is 1. The molecule has 0 spiro atoms. The smallest absolute Gasteiger partial charge is 0.270 e. The van der Waals surface area contributed by atoms with E-state index in [9.17, 15) is 9.18 Å². The molecule has 0 saturated carbocycles. The molecule has 0 radical (unpaired) electrons. The molecule has 130 valence electrons. The molecule has 1 N–H and O–H groups in total. The SMILES string of the molecule is Cc1noc([C@H]2CN(C(=O)c3cc4c(F)cccc4[nH]3)C[C@@H](C)O2)n1. The molecule has 1 saturated heterocycles. The highest BCUT2D eigenvalue weighted by Gasteiger charge is 2.33. The second-order valence-corrected chi connectivity index (χ2v) is 6.21. The highest BCUT2D eigenvalue weighted by atomic mass is 19.1. The lowest BCUT2D eigenvalue weighted by Gasteiger charge is -2.35. The first kappa shape index (κ1) is 15.8. The topological polar surface area (TPSA) is 84.2 Å². The Bertz CT molecular complexity index is 935. The van der Waals surface area contributed by atoms with Gasteiger partial charge in [0.05, 0.1) is 12.6 Å². The van der Waals surface area contributed by atoms with Gasteiger partial charge in [-0.1, -0.05) is 11.2 Å². The van der Waals surface area contributed by atoms with Crippen LogP contribution in [0, 0.1) is 12.7 Å². The molecule has 1 amide bonds. The Balaban J connectivity index is 1.60. The molecule has 7 nitrogen and oxygen atoms in total. The van der Waals surface area contributed by atoms with E-state index in [0.29, 0.717) is 41.4 Å². The predicted molar refractivity (Wildman–Crippen MR) is 86.5 cm³/mol. The van der Waals surface area contributed by atoms with Gasteiger partial charge in [-0.2, -0.15) is 4.98 Å². The Labute approximate surface area is 142 Å². The Hall–Kier alpha value is -2.74. The molecule has 8 heteroatoms. The normalized spacial score (nSPS) is 21.0. The predicted octanol–water partition coefficient (Wildman–Crippen LogP) is 2.60. The largest absolute Gasteiger partial charge is 0.362 e. The zero-order chi connectivity index (χ0) is 17.6. The van der Waals surface area contributed by atoms with Crippen molar-refractivity contribution in [2.45, 2.75) is 26.1 Å². The zero-order valence-electron chi connectivity index (χ0n) is 13.8. The van der Waals surface area contributed by atoms with Crippen LogP contribution in [0.15, 0.2) is 28.8 Å². The summed E-state index contributed by atoms with van der Waals surface area (Å²) in [5.41, 5.74) is 0.934. The number of morpholine rings is 1. The molecule has 0 unspecified atom stereocenters. The standard InChI is InChI=1S/C17H17FN4O3/c1-9-7-22(8-15(24-9)16-19-10(2)21-25-16)17(23)14-6-11-12(18)4-3-5-13(11)20-14/h3-6,9,15,20H,7-8H2,1-2H3/t9-,15-/m1/s1. The third kappa shape index (κ3) is 2.89. The van der Waals surface area contributed by atoms with Crippen molar-refractivity contribution in [2.75, 3.05) is 13.1 Å². The minimum atomic E-state index is -0.477. The van der Waals surface area contributed by atoms with Crippen LogP contribution in [0.3, 0.4) is 0 Å². The number of carbonyl (C=O) groups is 1. The number of aryl methyl sites for hydroxylation is 1. The van der Waals surface area contributed by atoms with E-state index in [1.54, 1.807) is 30.0 Å². The summed E-state index contributed by atoms with van der Waals surface area (Å²) < 4.78 is 24.8. The second kappa shape index (κ2) is 5.96. The maximum absolute atomic E-state index is 13.9. The summed E-state index contributed by atoms with van der Waals surface area (Å²) in [5, 5.41) is 4.17. The van der Waals surface area contributed by atoms with Crippen LogP contribution in [0.25, 0.3) is 10.9 Å². The Kier molecular flexibility index (Phi) is 3.76. The van der Waals surface area contributed by atoms with E-state index >= 15 is 0 Å². The third-order valence-electron chi connectivity index (χ3n) is 4.21. The van der Waals surface area contributed by atoms with E-state index in [-0.39, 0.29) is 17.8 Å². The lowest BCUT2D eigenvalue weighted by atomic mass is 10.2. The molecule has 2 aromatic heterocycles. The van der Waals surface area contributed by atoms with Crippen molar-refractivity contribution in [3.8, 4) is 0 Å². The number of amides is 1. The number of fused-ring (bicyclic) bond motifs is 1. The minimum Gasteiger partial charge on any atom is -0.362 e. The van der Waals surface area contributed by atoms with Gasteiger partial charge in [-0.05, 0) is 32.0 Å². The third-order valence-corrected chi connectivity index (χ3v) is 4.21. The summed E-state index contributed by atoms with van der Waals surface area (Å²) in [4.78, 5) is 21.7. The first-order valence-electron chi connectivity index (χ1n) is 8.03. The number of halogens is 1. The molecule has 0 aliphatic carbocycles. The van der Waals surface area contributed by atoms with E-state index < -0.39 is 6.10 Å². The van der Waals surface area contributed by atoms with E-state index in [1.807, 2.05) is 6.92 Å². The van der Waals surface area contributed by atoms with Gasteiger partial charge in [0.25, 0.3) is 11.8 Å². The Morgan fingerprint density at radius 3 is 2.96 bits per heavy atom. The number of carbonyl (C=O) groups excluding carboxylic acids is 1. The lowest BCUT2D eigenvalue weighted by Crippen LogP contribution is -2.46. The van der Waals surface area contributed by atoms with Gasteiger partial charge in [0.2, 0.25) is 0 Å². The number of rotatable bonds is 2. The van der Waals surface area contributed by atoms with Crippen molar-refractivity contribution in [1.29, 1.82) is 0 Å². The molecule has 3 heterocycles. The van der Waals surface area contributed by atoms with Crippen molar-refractivity contribution in [3.05, 3.63) is 47.5 Å². The van der Waals surface area contributed by atoms with Crippen molar-refractivity contribution in [2.24, 2.45) is 0 Å². The molecule has 3 aromatic rings. The van der Waals surface area contributed by atoms with Crippen LogP contribution in [-0.2, 0) is 4.74 Å². The molecular formula is C17H17FN4O3. The van der Waals surface area contributed by atoms with Crippen LogP contribution >= 0.6 is 0 Å². The summed E-state index contributed by atoms with van der Waals surface area (Å²) >= 11 is 0. The molecule has 4 rings (SSSR count). The number of ether oxygens (including phenoxy) is 1. The molecular weight excluding hydrogens is 327 g/mol. The zero-order valence-corrected chi connectivity index (χ0v) is 13.8. The monoisotopic (exact) mass is 344 g/mol. The van der Waals surface area contributed by atoms with Crippen molar-refractivity contribution >= 4 is 16.8 Å². The number of hydrogen-bond donors (Lipinski definition) is 1. The Morgan fingerprint density at radius 2 is 2.24 bits per heavy atom. The van der Waals surface area contributed by atoms with Crippen LogP contribution in [0.2, 0.25) is 0 Å². The maximum atomic E-state index is 13.9. The van der Waals surface area contributed by atoms with Crippen LogP contribution in [0.1, 0.15) is 35.2 Å². The highest BCUT2D eigenvalue weighted by Crippen LogP contribution is 2.26. The number of hydrogen-bond acceptors (Lipinski definition) is 5. The van der Waals surface area contributed by atoms with Crippen LogP contribution in [0.4, 0.5) is 4.39 Å². The van der Waals surface area contributed by atoms with Gasteiger partial charge < -0.3 is 19.1 Å². The molecule has 1 aliphatic rings. The summed E-state index contributed by atoms with van der Waals surface area (Å²) in [6.07, 6.45) is -0.661. The van der Waals surface area contributed by atoms with Crippen LogP contribution in [0.5, 0.6) is 0 Å². The average molecular weight is 344 g/mol. The number of benzene rings is 1. The fourth-order valence-corrected chi connectivity index (χ4v) is 3.10. The van der Waals surface area contributed by atoms with E-state index in [0.717, 1.165) is 0 Å². The molecule has 1 fully saturated rings. The van der Waals surface area contributed by atoms with Gasteiger partial charge >= 0.3 is 0 Å².